The number of carboxylic acids is 2. The molecule has 0 aliphatic heterocycles. The van der Waals surface area contributed by atoms with Crippen LogP contribution < -0.4 is 0 Å². The predicted molar refractivity (Wildman–Crippen MR) is 44.6 cm³/mol. The van der Waals surface area contributed by atoms with Crippen molar-refractivity contribution in [1.29, 1.82) is 0 Å². The van der Waals surface area contributed by atoms with Crippen LogP contribution in [0, 0.1) is 5.92 Å². The Balaban J connectivity index is 3.09. The maximum Gasteiger partial charge on any atom is 0.335 e. The minimum atomic E-state index is -1.20. The lowest BCUT2D eigenvalue weighted by Crippen LogP contribution is -2.24. The molecular weight excluding hydrogens is 188 g/mol. The van der Waals surface area contributed by atoms with Gasteiger partial charge in [-0.1, -0.05) is 6.08 Å². The first-order chi connectivity index (χ1) is 6.56. The van der Waals surface area contributed by atoms with Crippen LogP contribution in [0.2, 0.25) is 0 Å². The molecule has 1 atom stereocenters. The topological polar surface area (TPSA) is 111 Å². The molecule has 6 nitrogen and oxygen atoms in total. The highest BCUT2D eigenvalue weighted by Crippen LogP contribution is 2.13. The summed E-state index contributed by atoms with van der Waals surface area (Å²) >= 11 is 0. The van der Waals surface area contributed by atoms with E-state index in [0.29, 0.717) is 0 Å². The van der Waals surface area contributed by atoms with Crippen LogP contribution in [0.5, 0.6) is 0 Å². The van der Waals surface area contributed by atoms with Gasteiger partial charge in [0.05, 0.1) is 5.57 Å². The maximum absolute atomic E-state index is 10.6. The van der Waals surface area contributed by atoms with Crippen molar-refractivity contribution in [3.05, 3.63) is 29.3 Å². The number of aliphatic carboxylic acids is 2. The summed E-state index contributed by atoms with van der Waals surface area (Å²) in [4.78, 5) is 23.8. The van der Waals surface area contributed by atoms with Crippen molar-refractivity contribution in [2.45, 2.75) is 0 Å². The van der Waals surface area contributed by atoms with E-state index in [1.165, 1.54) is 0 Å². The van der Waals surface area contributed by atoms with Crippen LogP contribution in [0.3, 0.4) is 0 Å². The second-order valence-corrected chi connectivity index (χ2v) is 2.60. The molecule has 0 radical (unpaired) electrons. The van der Waals surface area contributed by atoms with Gasteiger partial charge in [0.15, 0.2) is 5.92 Å². The minimum Gasteiger partial charge on any atom is -0.480 e. The third-order valence-corrected chi connectivity index (χ3v) is 1.72. The summed E-state index contributed by atoms with van der Waals surface area (Å²) in [7, 11) is 0. The van der Waals surface area contributed by atoms with Crippen LogP contribution in [-0.2, 0) is 9.59 Å². The van der Waals surface area contributed by atoms with Crippen molar-refractivity contribution in [3.8, 4) is 0 Å². The first-order valence-electron chi connectivity index (χ1n) is 3.64. The van der Waals surface area contributed by atoms with E-state index < -0.39 is 17.9 Å². The molecule has 2 N–H and O–H groups in total. The monoisotopic (exact) mass is 194 g/mol. The molecule has 1 aliphatic carbocycles. The molecule has 1 aliphatic rings. The van der Waals surface area contributed by atoms with E-state index in [1.807, 2.05) is 0 Å². The van der Waals surface area contributed by atoms with Gasteiger partial charge in [0.2, 0.25) is 0 Å². The van der Waals surface area contributed by atoms with Gasteiger partial charge in [-0.15, -0.1) is 0 Å². The van der Waals surface area contributed by atoms with Crippen LogP contribution in [0.25, 0.3) is 5.53 Å². The van der Waals surface area contributed by atoms with Crippen molar-refractivity contribution in [2.75, 3.05) is 0 Å². The molecule has 0 aromatic heterocycles. The lowest BCUT2D eigenvalue weighted by molar-refractivity contribution is -0.139. The zero-order valence-corrected chi connectivity index (χ0v) is 6.91. The molecule has 14 heavy (non-hydrogen) atoms. The molecule has 0 bridgehead atoms. The summed E-state index contributed by atoms with van der Waals surface area (Å²) in [6.07, 6.45) is 3.33. The normalized spacial score (nSPS) is 19.9. The second kappa shape index (κ2) is 3.68. The lowest BCUT2D eigenvalue weighted by Gasteiger charge is -2.05. The van der Waals surface area contributed by atoms with Crippen LogP contribution in [0.4, 0.5) is 0 Å². The van der Waals surface area contributed by atoms with Crippen molar-refractivity contribution < 1.29 is 24.6 Å². The number of rotatable bonds is 2. The van der Waals surface area contributed by atoms with Gasteiger partial charge in [-0.3, -0.25) is 4.79 Å². The quantitative estimate of drug-likeness (QED) is 0.473. The molecule has 0 amide bonds. The zero-order valence-electron chi connectivity index (χ0n) is 6.91. The molecule has 0 fully saturated rings. The van der Waals surface area contributed by atoms with Crippen molar-refractivity contribution in [1.82, 2.24) is 0 Å². The highest BCUT2D eigenvalue weighted by molar-refractivity contribution is 6.11. The SMILES string of the molecule is [N-]=[N+]=C1C=C(C(=O)O)C=CC1C(=O)O. The van der Waals surface area contributed by atoms with Gasteiger partial charge in [0.1, 0.15) is 0 Å². The van der Waals surface area contributed by atoms with Gasteiger partial charge in [0.25, 0.3) is 0 Å². The molecule has 72 valence electrons. The number of carboxylic acid groups (broad SMARTS) is 2. The average Bonchev–Trinajstić information content (AvgIpc) is 2.16. The van der Waals surface area contributed by atoms with Crippen LogP contribution in [-0.4, -0.2) is 32.7 Å². The van der Waals surface area contributed by atoms with Gasteiger partial charge in [-0.25, -0.2) is 4.79 Å². The summed E-state index contributed by atoms with van der Waals surface area (Å²) in [5.41, 5.74) is 8.15. The van der Waals surface area contributed by atoms with E-state index in [2.05, 4.69) is 4.79 Å². The number of hydrogen-bond acceptors (Lipinski definition) is 2. The Hall–Kier alpha value is -2.20. The Morgan fingerprint density at radius 1 is 1.43 bits per heavy atom. The number of carbonyl (C=O) groups is 2. The van der Waals surface area contributed by atoms with Gasteiger partial charge >= 0.3 is 17.7 Å². The van der Waals surface area contributed by atoms with E-state index in [-0.39, 0.29) is 11.3 Å². The van der Waals surface area contributed by atoms with Gasteiger partial charge < -0.3 is 15.7 Å². The van der Waals surface area contributed by atoms with Crippen LogP contribution in [0.15, 0.2) is 23.8 Å². The zero-order chi connectivity index (χ0) is 10.7. The molecular formula is C8H6N2O4. The molecule has 0 aromatic rings. The van der Waals surface area contributed by atoms with E-state index in [9.17, 15) is 9.59 Å². The Morgan fingerprint density at radius 3 is 2.50 bits per heavy atom. The third-order valence-electron chi connectivity index (χ3n) is 1.72. The molecule has 0 saturated carbocycles. The third kappa shape index (κ3) is 1.75. The van der Waals surface area contributed by atoms with Gasteiger partial charge in [0, 0.05) is 6.08 Å². The Bertz CT molecular complexity index is 402. The molecule has 0 saturated heterocycles. The van der Waals surface area contributed by atoms with Gasteiger partial charge in [-0.05, 0) is 6.08 Å². The average molecular weight is 194 g/mol. The molecule has 0 spiro atoms. The first-order valence-corrected chi connectivity index (χ1v) is 3.64. The summed E-state index contributed by atoms with van der Waals surface area (Å²) in [6.45, 7) is 0. The minimum absolute atomic E-state index is 0.115. The maximum atomic E-state index is 10.6. The van der Waals surface area contributed by atoms with Crippen molar-refractivity contribution in [3.63, 3.8) is 0 Å². The Labute approximate surface area is 78.4 Å². The standard InChI is InChI=1S/C8H6N2O4/c9-10-6-3-4(7(11)12)1-2-5(6)8(13)14/h1-3,5H,(H,11,12)(H,13,14). The number of hydrogen-bond donors (Lipinski definition) is 2. The molecule has 1 unspecified atom stereocenters. The van der Waals surface area contributed by atoms with Crippen LogP contribution >= 0.6 is 0 Å². The Kier molecular flexibility index (Phi) is 2.59. The molecule has 0 heterocycles. The molecule has 1 rings (SSSR count). The highest BCUT2D eigenvalue weighted by atomic mass is 16.4. The lowest BCUT2D eigenvalue weighted by atomic mass is 9.95. The second-order valence-electron chi connectivity index (χ2n) is 2.60. The first kappa shape index (κ1) is 9.88. The molecule has 0 aromatic carbocycles. The number of nitrogens with zero attached hydrogens (tertiary/aromatic N) is 2. The number of allylic oxidation sites excluding steroid dienone is 1. The highest BCUT2D eigenvalue weighted by Gasteiger charge is 2.30. The fraction of sp³-hybridized carbons (Fsp3) is 0.125. The van der Waals surface area contributed by atoms with Crippen LogP contribution in [0.1, 0.15) is 0 Å². The van der Waals surface area contributed by atoms with E-state index >= 15 is 0 Å². The summed E-state index contributed by atoms with van der Waals surface area (Å²) in [5.74, 6) is -3.50. The molecule has 6 heteroatoms. The van der Waals surface area contributed by atoms with E-state index in [0.717, 1.165) is 18.2 Å². The van der Waals surface area contributed by atoms with Crippen molar-refractivity contribution >= 4 is 17.7 Å². The van der Waals surface area contributed by atoms with E-state index in [4.69, 9.17) is 15.7 Å². The summed E-state index contributed by atoms with van der Waals surface area (Å²) in [6, 6.07) is 0. The Morgan fingerprint density at radius 2 is 2.07 bits per heavy atom. The smallest absolute Gasteiger partial charge is 0.335 e. The van der Waals surface area contributed by atoms with Gasteiger partial charge in [-0.2, -0.15) is 4.79 Å². The largest absolute Gasteiger partial charge is 0.480 e. The predicted octanol–water partition coefficient (Wildman–Crippen LogP) is -0.0612. The fourth-order valence-corrected chi connectivity index (χ4v) is 1.03. The summed E-state index contributed by atoms with van der Waals surface area (Å²) in [5, 5.41) is 17.2. The fourth-order valence-electron chi connectivity index (χ4n) is 1.03. The van der Waals surface area contributed by atoms with E-state index in [1.54, 1.807) is 0 Å². The van der Waals surface area contributed by atoms with Crippen molar-refractivity contribution in [2.24, 2.45) is 5.92 Å². The summed E-state index contributed by atoms with van der Waals surface area (Å²) < 4.78 is 0.